The molecule has 0 bridgehead atoms. The molecule has 1 atom stereocenters. The van der Waals surface area contributed by atoms with E-state index in [-0.39, 0.29) is 24.1 Å². The van der Waals surface area contributed by atoms with Crippen LogP contribution in [0.3, 0.4) is 0 Å². The molecule has 0 aliphatic rings. The number of hydrogen-bond acceptors (Lipinski definition) is 4. The van der Waals surface area contributed by atoms with Gasteiger partial charge in [-0.25, -0.2) is 4.98 Å². The van der Waals surface area contributed by atoms with Gasteiger partial charge < -0.3 is 10.1 Å². The number of nitrogens with zero attached hydrogens (tertiary/aromatic N) is 1. The van der Waals surface area contributed by atoms with E-state index in [1.165, 1.54) is 29.0 Å². The lowest BCUT2D eigenvalue weighted by molar-refractivity contribution is -0.121. The van der Waals surface area contributed by atoms with Gasteiger partial charge in [0.2, 0.25) is 5.91 Å². The van der Waals surface area contributed by atoms with Gasteiger partial charge in [0.25, 0.3) is 0 Å². The maximum atomic E-state index is 12.4. The van der Waals surface area contributed by atoms with Crippen molar-refractivity contribution in [3.63, 3.8) is 0 Å². The number of ether oxygens (including phenoxy) is 1. The number of carbonyl (C=O) groups is 1. The maximum Gasteiger partial charge on any atom is 0.387 e. The summed E-state index contributed by atoms with van der Waals surface area (Å²) >= 11 is 1.49. The van der Waals surface area contributed by atoms with Crippen LogP contribution in [0.15, 0.2) is 53.9 Å². The Bertz CT molecular complexity index is 942. The van der Waals surface area contributed by atoms with Crippen molar-refractivity contribution in [1.82, 2.24) is 10.3 Å². The van der Waals surface area contributed by atoms with Gasteiger partial charge >= 0.3 is 6.61 Å². The monoisotopic (exact) mass is 402 g/mol. The highest BCUT2D eigenvalue weighted by molar-refractivity contribution is 7.13. The molecule has 1 unspecified atom stereocenters. The molecule has 28 heavy (non-hydrogen) atoms. The van der Waals surface area contributed by atoms with Crippen LogP contribution in [0.2, 0.25) is 0 Å². The van der Waals surface area contributed by atoms with E-state index < -0.39 is 6.61 Å². The fourth-order valence-electron chi connectivity index (χ4n) is 2.72. The summed E-state index contributed by atoms with van der Waals surface area (Å²) in [6, 6.07) is 14.0. The molecule has 1 aromatic heterocycles. The number of hydrogen-bond donors (Lipinski definition) is 1. The van der Waals surface area contributed by atoms with Crippen LogP contribution in [0.25, 0.3) is 10.6 Å². The van der Waals surface area contributed by atoms with Gasteiger partial charge in [-0.05, 0) is 31.5 Å². The molecule has 3 aromatic rings. The number of rotatable bonds is 7. The van der Waals surface area contributed by atoms with E-state index in [4.69, 9.17) is 0 Å². The van der Waals surface area contributed by atoms with Crippen molar-refractivity contribution in [2.75, 3.05) is 0 Å². The van der Waals surface area contributed by atoms with Crippen LogP contribution in [0.1, 0.15) is 29.8 Å². The van der Waals surface area contributed by atoms with Crippen LogP contribution >= 0.6 is 11.3 Å². The minimum Gasteiger partial charge on any atom is -0.435 e. The van der Waals surface area contributed by atoms with Crippen LogP contribution in [-0.4, -0.2) is 17.5 Å². The third kappa shape index (κ3) is 5.36. The summed E-state index contributed by atoms with van der Waals surface area (Å²) in [5.41, 5.74) is 3.58. The topological polar surface area (TPSA) is 51.2 Å². The Morgan fingerprint density at radius 1 is 1.21 bits per heavy atom. The van der Waals surface area contributed by atoms with Gasteiger partial charge in [0.15, 0.2) is 0 Å². The second-order valence-electron chi connectivity index (χ2n) is 6.43. The van der Waals surface area contributed by atoms with Crippen molar-refractivity contribution < 1.29 is 18.3 Å². The molecule has 0 saturated heterocycles. The molecule has 0 aliphatic heterocycles. The molecule has 1 N–H and O–H groups in total. The summed E-state index contributed by atoms with van der Waals surface area (Å²) in [5.74, 6) is -0.121. The third-order valence-corrected chi connectivity index (χ3v) is 5.09. The molecule has 146 valence electrons. The highest BCUT2D eigenvalue weighted by Gasteiger charge is 2.14. The van der Waals surface area contributed by atoms with E-state index in [0.717, 1.165) is 10.6 Å². The molecule has 0 aliphatic carbocycles. The zero-order chi connectivity index (χ0) is 20.1. The van der Waals surface area contributed by atoms with Crippen LogP contribution in [-0.2, 0) is 11.2 Å². The lowest BCUT2D eigenvalue weighted by Gasteiger charge is -2.15. The maximum absolute atomic E-state index is 12.4. The summed E-state index contributed by atoms with van der Waals surface area (Å²) in [6.45, 7) is 0.934. The van der Waals surface area contributed by atoms with Crippen molar-refractivity contribution in [2.24, 2.45) is 0 Å². The number of nitrogens with one attached hydrogen (secondary N) is 1. The summed E-state index contributed by atoms with van der Waals surface area (Å²) in [5, 5.41) is 5.60. The molecule has 0 saturated carbocycles. The SMILES string of the molecule is Cc1ccc(-c2nc(CC(=O)NC(C)c3cccc(OC(F)F)c3)cs2)cc1. The minimum absolute atomic E-state index is 0.0656. The largest absolute Gasteiger partial charge is 0.435 e. The first kappa shape index (κ1) is 19.9. The first-order valence-electron chi connectivity index (χ1n) is 8.76. The molecule has 2 aromatic carbocycles. The number of aryl methyl sites for hydroxylation is 1. The molecule has 1 heterocycles. The Balaban J connectivity index is 1.60. The van der Waals surface area contributed by atoms with Gasteiger partial charge in [-0.1, -0.05) is 42.0 Å². The Labute approximate surface area is 166 Å². The quantitative estimate of drug-likeness (QED) is 0.595. The predicted octanol–water partition coefficient (Wildman–Crippen LogP) is 5.14. The standard InChI is InChI=1S/C21H20F2N2O2S/c1-13-6-8-15(9-7-13)20-25-17(12-28-20)11-19(26)24-14(2)16-4-3-5-18(10-16)27-21(22)23/h3-10,12,14,21H,11H2,1-2H3,(H,24,26). The number of aromatic nitrogens is 1. The second-order valence-corrected chi connectivity index (χ2v) is 7.29. The van der Waals surface area contributed by atoms with Crippen LogP contribution in [0, 0.1) is 6.92 Å². The Morgan fingerprint density at radius 2 is 1.96 bits per heavy atom. The number of carbonyl (C=O) groups excluding carboxylic acids is 1. The number of benzene rings is 2. The van der Waals surface area contributed by atoms with Crippen molar-refractivity contribution in [2.45, 2.75) is 32.9 Å². The molecular weight excluding hydrogens is 382 g/mol. The van der Waals surface area contributed by atoms with E-state index in [1.54, 1.807) is 19.1 Å². The van der Waals surface area contributed by atoms with Crippen LogP contribution in [0.5, 0.6) is 5.75 Å². The lowest BCUT2D eigenvalue weighted by Crippen LogP contribution is -2.28. The highest BCUT2D eigenvalue weighted by Crippen LogP contribution is 2.25. The number of amides is 1. The average Bonchev–Trinajstić information content (AvgIpc) is 3.10. The van der Waals surface area contributed by atoms with Gasteiger partial charge in [-0.3, -0.25) is 4.79 Å². The molecule has 7 heteroatoms. The Kier molecular flexibility index (Phi) is 6.36. The van der Waals surface area contributed by atoms with E-state index in [2.05, 4.69) is 15.0 Å². The minimum atomic E-state index is -2.88. The summed E-state index contributed by atoms with van der Waals surface area (Å²) < 4.78 is 29.1. The summed E-state index contributed by atoms with van der Waals surface area (Å²) in [6.07, 6.45) is 0.153. The van der Waals surface area contributed by atoms with Gasteiger partial charge in [0, 0.05) is 10.9 Å². The summed E-state index contributed by atoms with van der Waals surface area (Å²) in [4.78, 5) is 16.9. The first-order valence-corrected chi connectivity index (χ1v) is 9.64. The fourth-order valence-corrected chi connectivity index (χ4v) is 3.54. The average molecular weight is 402 g/mol. The molecule has 4 nitrogen and oxygen atoms in total. The normalized spacial score (nSPS) is 12.0. The Morgan fingerprint density at radius 3 is 2.68 bits per heavy atom. The number of alkyl halides is 2. The number of thiazole rings is 1. The predicted molar refractivity (Wildman–Crippen MR) is 106 cm³/mol. The van der Waals surface area contributed by atoms with Crippen molar-refractivity contribution in [3.8, 4) is 16.3 Å². The van der Waals surface area contributed by atoms with E-state index in [9.17, 15) is 13.6 Å². The van der Waals surface area contributed by atoms with Crippen molar-refractivity contribution in [3.05, 3.63) is 70.7 Å². The molecule has 0 radical (unpaired) electrons. The molecule has 1 amide bonds. The van der Waals surface area contributed by atoms with Crippen LogP contribution in [0.4, 0.5) is 8.78 Å². The summed E-state index contributed by atoms with van der Waals surface area (Å²) in [7, 11) is 0. The van der Waals surface area contributed by atoms with E-state index in [1.807, 2.05) is 36.6 Å². The molecule has 0 spiro atoms. The van der Waals surface area contributed by atoms with E-state index >= 15 is 0 Å². The first-order chi connectivity index (χ1) is 13.4. The zero-order valence-electron chi connectivity index (χ0n) is 15.5. The molecule has 3 rings (SSSR count). The van der Waals surface area contributed by atoms with E-state index in [0.29, 0.717) is 11.3 Å². The van der Waals surface area contributed by atoms with Crippen molar-refractivity contribution >= 4 is 17.2 Å². The highest BCUT2D eigenvalue weighted by atomic mass is 32.1. The second kappa shape index (κ2) is 8.93. The molecular formula is C21H20F2N2O2S. The van der Waals surface area contributed by atoms with Crippen LogP contribution < -0.4 is 10.1 Å². The van der Waals surface area contributed by atoms with Gasteiger partial charge in [-0.15, -0.1) is 11.3 Å². The fraction of sp³-hybridized carbons (Fsp3) is 0.238. The number of halogens is 2. The smallest absolute Gasteiger partial charge is 0.387 e. The van der Waals surface area contributed by atoms with Gasteiger partial charge in [0.05, 0.1) is 18.2 Å². The van der Waals surface area contributed by atoms with Gasteiger partial charge in [0.1, 0.15) is 10.8 Å². The molecule has 0 fully saturated rings. The van der Waals surface area contributed by atoms with Crippen molar-refractivity contribution in [1.29, 1.82) is 0 Å². The third-order valence-electron chi connectivity index (χ3n) is 4.15. The zero-order valence-corrected chi connectivity index (χ0v) is 16.3. The Hall–Kier alpha value is -2.80. The van der Waals surface area contributed by atoms with Gasteiger partial charge in [-0.2, -0.15) is 8.78 Å². The lowest BCUT2D eigenvalue weighted by atomic mass is 10.1.